The first-order chi connectivity index (χ1) is 14.2. The second-order valence-electron chi connectivity index (χ2n) is 7.07. The summed E-state index contributed by atoms with van der Waals surface area (Å²) < 4.78 is 4.73. The minimum atomic E-state index is -0.872. The lowest BCUT2D eigenvalue weighted by molar-refractivity contribution is -0.123. The van der Waals surface area contributed by atoms with E-state index in [1.165, 1.54) is 25.1 Å². The molecule has 0 bridgehead atoms. The number of thiol groups is 1. The SMILES string of the molecule is COC(=O)c1cccc(CN2C(S)N(c3cnc(C#N)c(SC)c3)C(=O)C2(C)C)n1. The van der Waals surface area contributed by atoms with Gasteiger partial charge in [-0.15, -0.1) is 24.4 Å². The summed E-state index contributed by atoms with van der Waals surface area (Å²) in [6, 6.07) is 8.90. The van der Waals surface area contributed by atoms with Crippen LogP contribution >= 0.6 is 24.4 Å². The molecule has 3 heterocycles. The van der Waals surface area contributed by atoms with E-state index in [4.69, 9.17) is 17.4 Å². The van der Waals surface area contributed by atoms with Crippen molar-refractivity contribution in [2.45, 2.75) is 36.3 Å². The Morgan fingerprint density at radius 2 is 2.17 bits per heavy atom. The number of hydrogen-bond acceptors (Lipinski definition) is 9. The third kappa shape index (κ3) is 3.88. The number of amides is 1. The van der Waals surface area contributed by atoms with Crippen molar-refractivity contribution in [2.24, 2.45) is 0 Å². The number of methoxy groups -OCH3 is 1. The Bertz CT molecular complexity index is 1040. The molecule has 2 aromatic rings. The molecule has 0 spiro atoms. The molecular formula is C20H21N5O3S2. The quantitative estimate of drug-likeness (QED) is 0.428. The van der Waals surface area contributed by atoms with Gasteiger partial charge in [0.15, 0.2) is 5.69 Å². The average Bonchev–Trinajstić information content (AvgIpc) is 2.92. The Morgan fingerprint density at radius 1 is 1.43 bits per heavy atom. The molecule has 0 N–H and O–H groups in total. The number of rotatable bonds is 5. The molecule has 1 saturated heterocycles. The predicted molar refractivity (Wildman–Crippen MR) is 116 cm³/mol. The zero-order valence-corrected chi connectivity index (χ0v) is 18.7. The zero-order chi connectivity index (χ0) is 22.1. The number of anilines is 1. The largest absolute Gasteiger partial charge is 0.464 e. The van der Waals surface area contributed by atoms with E-state index in [1.807, 2.05) is 25.0 Å². The van der Waals surface area contributed by atoms with E-state index in [-0.39, 0.29) is 11.6 Å². The fourth-order valence-electron chi connectivity index (χ4n) is 3.25. The van der Waals surface area contributed by atoms with Gasteiger partial charge < -0.3 is 4.74 Å². The summed E-state index contributed by atoms with van der Waals surface area (Å²) in [4.78, 5) is 37.7. The van der Waals surface area contributed by atoms with Crippen LogP contribution in [0.3, 0.4) is 0 Å². The van der Waals surface area contributed by atoms with Crippen LogP contribution in [-0.2, 0) is 16.1 Å². The lowest BCUT2D eigenvalue weighted by Crippen LogP contribution is -2.44. The average molecular weight is 444 g/mol. The summed E-state index contributed by atoms with van der Waals surface area (Å²) in [7, 11) is 1.30. The van der Waals surface area contributed by atoms with Gasteiger partial charge in [-0.3, -0.25) is 14.6 Å². The van der Waals surface area contributed by atoms with Crippen LogP contribution in [-0.4, -0.2) is 51.1 Å². The van der Waals surface area contributed by atoms with Gasteiger partial charge in [0, 0.05) is 11.4 Å². The van der Waals surface area contributed by atoms with E-state index in [0.717, 1.165) is 0 Å². The second kappa shape index (κ2) is 8.63. The number of aromatic nitrogens is 2. The molecule has 1 unspecified atom stereocenters. The highest BCUT2D eigenvalue weighted by Gasteiger charge is 2.51. The highest BCUT2D eigenvalue weighted by atomic mass is 32.2. The summed E-state index contributed by atoms with van der Waals surface area (Å²) in [5, 5.41) is 9.21. The Balaban J connectivity index is 1.94. The number of esters is 1. The van der Waals surface area contributed by atoms with Crippen LogP contribution in [0.15, 0.2) is 35.4 Å². The second-order valence-corrected chi connectivity index (χ2v) is 8.38. The number of carbonyl (C=O) groups is 2. The maximum atomic E-state index is 13.3. The number of thioether (sulfide) groups is 1. The van der Waals surface area contributed by atoms with Crippen molar-refractivity contribution in [3.05, 3.63) is 47.5 Å². The molecule has 10 heteroatoms. The van der Waals surface area contributed by atoms with Crippen LogP contribution in [0.4, 0.5) is 5.69 Å². The maximum Gasteiger partial charge on any atom is 0.356 e. The molecule has 1 atom stereocenters. The van der Waals surface area contributed by atoms with E-state index in [1.54, 1.807) is 29.2 Å². The van der Waals surface area contributed by atoms with E-state index < -0.39 is 17.0 Å². The van der Waals surface area contributed by atoms with Crippen LogP contribution in [0.2, 0.25) is 0 Å². The molecule has 0 aliphatic carbocycles. The molecule has 8 nitrogen and oxygen atoms in total. The number of nitrogens with zero attached hydrogens (tertiary/aromatic N) is 5. The van der Waals surface area contributed by atoms with Crippen molar-refractivity contribution >= 4 is 42.0 Å². The lowest BCUT2D eigenvalue weighted by atomic mass is 10.0. The van der Waals surface area contributed by atoms with Gasteiger partial charge in [-0.1, -0.05) is 6.07 Å². The molecule has 30 heavy (non-hydrogen) atoms. The van der Waals surface area contributed by atoms with Gasteiger partial charge in [-0.25, -0.2) is 14.8 Å². The van der Waals surface area contributed by atoms with Crippen LogP contribution in [0.5, 0.6) is 0 Å². The number of pyridine rings is 2. The molecular weight excluding hydrogens is 422 g/mol. The third-order valence-corrected chi connectivity index (χ3v) is 6.21. The Labute approximate surface area is 184 Å². The van der Waals surface area contributed by atoms with Crippen LogP contribution < -0.4 is 4.90 Å². The van der Waals surface area contributed by atoms with Gasteiger partial charge in [-0.2, -0.15) is 5.26 Å². The van der Waals surface area contributed by atoms with Crippen molar-refractivity contribution in [2.75, 3.05) is 18.3 Å². The first kappa shape index (κ1) is 22.1. The smallest absolute Gasteiger partial charge is 0.356 e. The van der Waals surface area contributed by atoms with Crippen LogP contribution in [0.1, 0.15) is 35.7 Å². The van der Waals surface area contributed by atoms with Gasteiger partial charge in [0.05, 0.1) is 30.2 Å². The van der Waals surface area contributed by atoms with E-state index >= 15 is 0 Å². The molecule has 1 amide bonds. The van der Waals surface area contributed by atoms with Gasteiger partial charge in [0.2, 0.25) is 5.91 Å². The predicted octanol–water partition coefficient (Wildman–Crippen LogP) is 2.70. The maximum absolute atomic E-state index is 13.3. The molecule has 1 aliphatic heterocycles. The monoisotopic (exact) mass is 443 g/mol. The fraction of sp³-hybridized carbons (Fsp3) is 0.350. The van der Waals surface area contributed by atoms with E-state index in [0.29, 0.717) is 28.5 Å². The van der Waals surface area contributed by atoms with Crippen LogP contribution in [0.25, 0.3) is 0 Å². The first-order valence-electron chi connectivity index (χ1n) is 9.01. The highest BCUT2D eigenvalue weighted by molar-refractivity contribution is 7.98. The van der Waals surface area contributed by atoms with Crippen molar-refractivity contribution in [3.63, 3.8) is 0 Å². The first-order valence-corrected chi connectivity index (χ1v) is 10.8. The molecule has 2 aromatic heterocycles. The number of hydrogen-bond donors (Lipinski definition) is 1. The zero-order valence-electron chi connectivity index (χ0n) is 17.0. The summed E-state index contributed by atoms with van der Waals surface area (Å²) >= 11 is 6.10. The van der Waals surface area contributed by atoms with E-state index in [9.17, 15) is 14.9 Å². The Hall–Kier alpha value is -2.61. The summed E-state index contributed by atoms with van der Waals surface area (Å²) in [6.07, 6.45) is 3.36. The van der Waals surface area contributed by atoms with Crippen molar-refractivity contribution in [1.82, 2.24) is 14.9 Å². The van der Waals surface area contributed by atoms with Crippen molar-refractivity contribution in [3.8, 4) is 6.07 Å². The molecule has 156 valence electrons. The molecule has 1 fully saturated rings. The molecule has 0 aromatic carbocycles. The highest BCUT2D eigenvalue weighted by Crippen LogP contribution is 2.38. The Morgan fingerprint density at radius 3 is 2.80 bits per heavy atom. The summed E-state index contributed by atoms with van der Waals surface area (Å²) in [5.41, 5.74) is 0.237. The topological polar surface area (TPSA) is 99.4 Å². The fourth-order valence-corrected chi connectivity index (χ4v) is 4.39. The van der Waals surface area contributed by atoms with Gasteiger partial charge in [0.1, 0.15) is 17.3 Å². The van der Waals surface area contributed by atoms with Crippen LogP contribution in [0, 0.1) is 11.3 Å². The van der Waals surface area contributed by atoms with Crippen molar-refractivity contribution < 1.29 is 14.3 Å². The standard InChI is InChI=1S/C20H21N5O3S2/c1-20(2)18(27)25(13-8-16(30-4)15(9-21)22-10-13)19(29)24(20)11-12-6-5-7-14(23-12)17(26)28-3/h5-8,10,19,29H,11H2,1-4H3. The summed E-state index contributed by atoms with van der Waals surface area (Å²) in [5.74, 6) is -0.670. The lowest BCUT2D eigenvalue weighted by Gasteiger charge is -2.30. The Kier molecular flexibility index (Phi) is 6.36. The van der Waals surface area contributed by atoms with Gasteiger partial charge in [-0.05, 0) is 38.3 Å². The summed E-state index contributed by atoms with van der Waals surface area (Å²) in [6.45, 7) is 3.93. The minimum Gasteiger partial charge on any atom is -0.464 e. The molecule has 3 rings (SSSR count). The van der Waals surface area contributed by atoms with Gasteiger partial charge >= 0.3 is 5.97 Å². The molecule has 0 radical (unpaired) electrons. The minimum absolute atomic E-state index is 0.148. The van der Waals surface area contributed by atoms with E-state index in [2.05, 4.69) is 16.0 Å². The normalized spacial score (nSPS) is 18.3. The van der Waals surface area contributed by atoms with Crippen molar-refractivity contribution in [1.29, 1.82) is 5.26 Å². The number of ether oxygens (including phenoxy) is 1. The molecule has 1 aliphatic rings. The number of nitriles is 1. The molecule has 0 saturated carbocycles. The third-order valence-electron chi connectivity index (χ3n) is 4.95. The number of carbonyl (C=O) groups excluding carboxylic acids is 2. The van der Waals surface area contributed by atoms with Gasteiger partial charge in [0.25, 0.3) is 0 Å².